The molecule has 0 saturated heterocycles. The van der Waals surface area contributed by atoms with Gasteiger partial charge in [0.15, 0.2) is 5.69 Å². The highest BCUT2D eigenvalue weighted by Gasteiger charge is 2.34. The molecule has 0 bridgehead atoms. The van der Waals surface area contributed by atoms with Crippen molar-refractivity contribution in [3.63, 3.8) is 0 Å². The van der Waals surface area contributed by atoms with Crippen LogP contribution in [0.2, 0.25) is 0 Å². The molecule has 2 aromatic rings. The molecular formula is C23H32FN5O6S. The summed E-state index contributed by atoms with van der Waals surface area (Å²) in [6.45, 7) is 1.81. The largest absolute Gasteiger partial charge is 0.501 e. The second-order valence-electron chi connectivity index (χ2n) is 8.59. The van der Waals surface area contributed by atoms with Crippen LogP contribution in [0.3, 0.4) is 0 Å². The molecule has 1 atom stereocenters. The predicted octanol–water partition coefficient (Wildman–Crippen LogP) is 1.15. The van der Waals surface area contributed by atoms with Gasteiger partial charge in [0.1, 0.15) is 17.4 Å². The molecule has 13 heteroatoms. The fourth-order valence-corrected chi connectivity index (χ4v) is 4.55. The van der Waals surface area contributed by atoms with E-state index in [0.29, 0.717) is 24.0 Å². The van der Waals surface area contributed by atoms with E-state index in [0.717, 1.165) is 4.31 Å². The Morgan fingerprint density at radius 2 is 1.94 bits per heavy atom. The lowest BCUT2D eigenvalue weighted by atomic mass is 10.0. The van der Waals surface area contributed by atoms with Crippen LogP contribution in [0.15, 0.2) is 23.0 Å². The van der Waals surface area contributed by atoms with Crippen molar-refractivity contribution in [1.82, 2.24) is 24.1 Å². The molecule has 11 nitrogen and oxygen atoms in total. The Kier molecular flexibility index (Phi) is 8.97. The van der Waals surface area contributed by atoms with Crippen molar-refractivity contribution in [3.8, 4) is 5.75 Å². The third-order valence-electron chi connectivity index (χ3n) is 5.95. The molecule has 0 aliphatic carbocycles. The van der Waals surface area contributed by atoms with Gasteiger partial charge < -0.3 is 15.3 Å². The van der Waals surface area contributed by atoms with Crippen LogP contribution >= 0.6 is 0 Å². The fraction of sp³-hybridized carbons (Fsp3) is 0.478. The van der Waals surface area contributed by atoms with Crippen molar-refractivity contribution in [2.75, 3.05) is 26.9 Å². The zero-order valence-electron chi connectivity index (χ0n) is 19.9. The van der Waals surface area contributed by atoms with Crippen LogP contribution < -0.4 is 10.9 Å². The summed E-state index contributed by atoms with van der Waals surface area (Å²) >= 11 is 0. The number of hydrogen-bond donors (Lipinski definition) is 2. The van der Waals surface area contributed by atoms with Crippen molar-refractivity contribution in [1.29, 1.82) is 0 Å². The second kappa shape index (κ2) is 11.2. The van der Waals surface area contributed by atoms with Crippen molar-refractivity contribution in [2.24, 2.45) is 0 Å². The summed E-state index contributed by atoms with van der Waals surface area (Å²) in [5.41, 5.74) is -0.328. The minimum Gasteiger partial charge on any atom is -0.501 e. The molecule has 3 rings (SSSR count). The van der Waals surface area contributed by atoms with Crippen molar-refractivity contribution in [3.05, 3.63) is 57.0 Å². The average Bonchev–Trinajstić information content (AvgIpc) is 2.80. The Bertz CT molecular complexity index is 1330. The van der Waals surface area contributed by atoms with Gasteiger partial charge in [-0.15, -0.1) is 0 Å². The predicted molar refractivity (Wildman–Crippen MR) is 131 cm³/mol. The summed E-state index contributed by atoms with van der Waals surface area (Å²) in [6, 6.07) is 3.55. The van der Waals surface area contributed by atoms with Gasteiger partial charge >= 0.3 is 0 Å². The number of fused-ring (bicyclic) bond motifs is 1. The summed E-state index contributed by atoms with van der Waals surface area (Å²) < 4.78 is 39.9. The molecule has 198 valence electrons. The van der Waals surface area contributed by atoms with Crippen molar-refractivity contribution in [2.45, 2.75) is 46.3 Å². The van der Waals surface area contributed by atoms with Crippen LogP contribution in [0.25, 0.3) is 0 Å². The van der Waals surface area contributed by atoms with Gasteiger partial charge in [-0.25, -0.2) is 22.1 Å². The Morgan fingerprint density at radius 3 is 2.56 bits per heavy atom. The third kappa shape index (κ3) is 5.90. The number of sulfonamides is 1. The highest BCUT2D eigenvalue weighted by Crippen LogP contribution is 2.29. The number of aryl methyl sites for hydroxylation is 1. The third-order valence-corrected chi connectivity index (χ3v) is 7.67. The molecule has 0 fully saturated rings. The number of carbonyl (C=O) groups excluding carboxylic acids is 2. The molecule has 1 aliphatic rings. The quantitative estimate of drug-likeness (QED) is 0.552. The number of aromatic hydroxyl groups is 1. The topological polar surface area (TPSA) is 142 Å². The maximum absolute atomic E-state index is 13.5. The lowest BCUT2D eigenvalue weighted by molar-refractivity contribution is -0.130. The van der Waals surface area contributed by atoms with Gasteiger partial charge in [-0.05, 0) is 37.0 Å². The van der Waals surface area contributed by atoms with Gasteiger partial charge in [0.2, 0.25) is 21.7 Å². The molecule has 2 heterocycles. The van der Waals surface area contributed by atoms with Crippen LogP contribution in [0, 0.1) is 12.7 Å². The van der Waals surface area contributed by atoms with Crippen LogP contribution in [0.4, 0.5) is 4.39 Å². The SMILES string of the molecule is C.Cc1cc(CNC(=O)c2nc3n(c(=O)c2O)CCCC3N(C)C(=O)CS(=O)(=O)N(C)C)ccc1F. The standard InChI is InChI=1S/C22H28FN5O6S.CH4/c1-13-10-14(7-8-15(13)23)11-24-21(31)18-19(30)22(32)28-9-5-6-16(20(28)25-18)27(4)17(29)12-35(33,34)26(2)3;/h7-8,10,16,30H,5-6,9,11-12H2,1-4H3,(H,24,31);1H4. The van der Waals surface area contributed by atoms with E-state index in [4.69, 9.17) is 0 Å². The van der Waals surface area contributed by atoms with Gasteiger partial charge in [0.05, 0.1) is 6.04 Å². The molecule has 2 N–H and O–H groups in total. The summed E-state index contributed by atoms with van der Waals surface area (Å²) in [5.74, 6) is -3.41. The van der Waals surface area contributed by atoms with Crippen molar-refractivity contribution >= 4 is 21.8 Å². The first-order valence-electron chi connectivity index (χ1n) is 10.9. The van der Waals surface area contributed by atoms with Gasteiger partial charge in [0, 0.05) is 34.2 Å². The van der Waals surface area contributed by atoms with E-state index in [-0.39, 0.29) is 32.2 Å². The normalized spacial score (nSPS) is 15.1. The molecule has 36 heavy (non-hydrogen) atoms. The van der Waals surface area contributed by atoms with Gasteiger partial charge in [-0.2, -0.15) is 0 Å². The highest BCUT2D eigenvalue weighted by molar-refractivity contribution is 7.89. The van der Waals surface area contributed by atoms with E-state index >= 15 is 0 Å². The minimum absolute atomic E-state index is 0. The number of halogens is 1. The Labute approximate surface area is 209 Å². The number of carbonyl (C=O) groups is 2. The van der Waals surface area contributed by atoms with Crippen molar-refractivity contribution < 1.29 is 27.5 Å². The summed E-state index contributed by atoms with van der Waals surface area (Å²) in [4.78, 5) is 43.7. The summed E-state index contributed by atoms with van der Waals surface area (Å²) in [6.07, 6.45) is 0.865. The van der Waals surface area contributed by atoms with Crippen LogP contribution in [-0.2, 0) is 27.9 Å². The lowest BCUT2D eigenvalue weighted by Crippen LogP contribution is -2.43. The molecule has 1 unspecified atom stereocenters. The maximum atomic E-state index is 13.5. The van der Waals surface area contributed by atoms with E-state index in [9.17, 15) is 32.3 Å². The van der Waals surface area contributed by atoms with Gasteiger partial charge in [-0.1, -0.05) is 19.6 Å². The first kappa shape index (κ1) is 28.9. The number of nitrogens with one attached hydrogen (secondary N) is 1. The van der Waals surface area contributed by atoms with Crippen LogP contribution in [-0.4, -0.2) is 71.0 Å². The first-order chi connectivity index (χ1) is 16.3. The van der Waals surface area contributed by atoms with Crippen LogP contribution in [0.1, 0.15) is 53.7 Å². The summed E-state index contributed by atoms with van der Waals surface area (Å²) in [5, 5.41) is 12.9. The fourth-order valence-electron chi connectivity index (χ4n) is 3.77. The minimum atomic E-state index is -3.81. The number of aromatic nitrogens is 2. The first-order valence-corrected chi connectivity index (χ1v) is 12.5. The number of nitrogens with zero attached hydrogens (tertiary/aromatic N) is 4. The molecule has 0 radical (unpaired) electrons. The van der Waals surface area contributed by atoms with E-state index in [2.05, 4.69) is 10.3 Å². The van der Waals surface area contributed by atoms with Gasteiger partial charge in [0.25, 0.3) is 11.5 Å². The number of hydrogen-bond acceptors (Lipinski definition) is 7. The van der Waals surface area contributed by atoms with Gasteiger partial charge in [-0.3, -0.25) is 19.0 Å². The summed E-state index contributed by atoms with van der Waals surface area (Å²) in [7, 11) is 0.237. The Balaban J connectivity index is 0.00000456. The van der Waals surface area contributed by atoms with E-state index in [1.807, 2.05) is 0 Å². The van der Waals surface area contributed by atoms with E-state index < -0.39 is 50.6 Å². The molecule has 1 aromatic carbocycles. The van der Waals surface area contributed by atoms with E-state index in [1.165, 1.54) is 42.7 Å². The Hall–Kier alpha value is -3.32. The molecule has 0 spiro atoms. The molecule has 1 aromatic heterocycles. The molecule has 0 saturated carbocycles. The highest BCUT2D eigenvalue weighted by atomic mass is 32.2. The average molecular weight is 526 g/mol. The second-order valence-corrected chi connectivity index (χ2v) is 10.8. The zero-order chi connectivity index (χ0) is 26.1. The molecular weight excluding hydrogens is 493 g/mol. The maximum Gasteiger partial charge on any atom is 0.296 e. The number of rotatable bonds is 7. The lowest BCUT2D eigenvalue weighted by Gasteiger charge is -2.33. The van der Waals surface area contributed by atoms with E-state index in [1.54, 1.807) is 13.0 Å². The number of amides is 2. The Morgan fingerprint density at radius 1 is 1.28 bits per heavy atom. The number of benzene rings is 1. The smallest absolute Gasteiger partial charge is 0.296 e. The monoisotopic (exact) mass is 525 g/mol. The zero-order valence-corrected chi connectivity index (χ0v) is 20.7. The molecule has 2 amide bonds. The molecule has 1 aliphatic heterocycles. The van der Waals surface area contributed by atoms with Crippen LogP contribution in [0.5, 0.6) is 5.75 Å².